The zero-order chi connectivity index (χ0) is 14.4. The summed E-state index contributed by atoms with van der Waals surface area (Å²) in [7, 11) is 2.00. The molecule has 3 nitrogen and oxygen atoms in total. The third-order valence-electron chi connectivity index (χ3n) is 3.98. The van der Waals surface area contributed by atoms with Crippen LogP contribution in [0.2, 0.25) is 4.34 Å². The van der Waals surface area contributed by atoms with Crippen LogP contribution in [0.25, 0.3) is 0 Å². The first-order chi connectivity index (χ1) is 9.69. The molecule has 0 aliphatic carbocycles. The molecule has 1 aliphatic heterocycles. The van der Waals surface area contributed by atoms with Gasteiger partial charge in [0, 0.05) is 24.4 Å². The van der Waals surface area contributed by atoms with E-state index in [1.165, 1.54) is 11.3 Å². The van der Waals surface area contributed by atoms with Crippen molar-refractivity contribution in [3.8, 4) is 0 Å². The van der Waals surface area contributed by atoms with Crippen LogP contribution in [0, 0.1) is 5.92 Å². The van der Waals surface area contributed by atoms with Crippen molar-refractivity contribution in [1.82, 2.24) is 10.2 Å². The minimum atomic E-state index is 0.293. The molecule has 20 heavy (non-hydrogen) atoms. The number of amides is 1. The molecular formula is C15H23ClN2OS. The van der Waals surface area contributed by atoms with Crippen molar-refractivity contribution >= 4 is 28.8 Å². The number of hydrogen-bond acceptors (Lipinski definition) is 3. The first-order valence-electron chi connectivity index (χ1n) is 7.35. The molecular weight excluding hydrogens is 292 g/mol. The summed E-state index contributed by atoms with van der Waals surface area (Å²) in [6, 6.07) is 3.92. The molecule has 0 unspecified atom stereocenters. The first-order valence-corrected chi connectivity index (χ1v) is 8.55. The number of halogens is 1. The third kappa shape index (κ3) is 4.76. The summed E-state index contributed by atoms with van der Waals surface area (Å²) in [6.45, 7) is 2.94. The highest BCUT2D eigenvalue weighted by Crippen LogP contribution is 2.24. The topological polar surface area (TPSA) is 32.3 Å². The number of piperidine rings is 1. The van der Waals surface area contributed by atoms with E-state index in [2.05, 4.69) is 5.32 Å². The van der Waals surface area contributed by atoms with Gasteiger partial charge in [-0.15, -0.1) is 11.3 Å². The van der Waals surface area contributed by atoms with E-state index < -0.39 is 0 Å². The fourth-order valence-corrected chi connectivity index (χ4v) is 3.78. The van der Waals surface area contributed by atoms with Gasteiger partial charge in [-0.3, -0.25) is 4.79 Å². The maximum absolute atomic E-state index is 12.2. The Balaban J connectivity index is 1.69. The zero-order valence-corrected chi connectivity index (χ0v) is 13.6. The fourth-order valence-electron chi connectivity index (χ4n) is 2.69. The van der Waals surface area contributed by atoms with E-state index in [4.69, 9.17) is 11.6 Å². The maximum Gasteiger partial charge on any atom is 0.222 e. The van der Waals surface area contributed by atoms with Crippen LogP contribution >= 0.6 is 22.9 Å². The van der Waals surface area contributed by atoms with Crippen molar-refractivity contribution < 1.29 is 4.79 Å². The summed E-state index contributed by atoms with van der Waals surface area (Å²) in [5, 5.41) is 3.20. The van der Waals surface area contributed by atoms with Gasteiger partial charge in [-0.25, -0.2) is 0 Å². The monoisotopic (exact) mass is 314 g/mol. The second-order valence-electron chi connectivity index (χ2n) is 5.42. The molecule has 1 amide bonds. The molecule has 2 heterocycles. The van der Waals surface area contributed by atoms with Crippen molar-refractivity contribution in [1.29, 1.82) is 0 Å². The Bertz CT molecular complexity index is 427. The summed E-state index contributed by atoms with van der Waals surface area (Å²) < 4.78 is 0.804. The number of carbonyl (C=O) groups is 1. The number of likely N-dealkylation sites (tertiary alicyclic amines) is 1. The highest BCUT2D eigenvalue weighted by atomic mass is 35.5. The summed E-state index contributed by atoms with van der Waals surface area (Å²) in [5.41, 5.74) is 0. The molecule has 0 aromatic carbocycles. The highest BCUT2D eigenvalue weighted by molar-refractivity contribution is 7.16. The summed E-state index contributed by atoms with van der Waals surface area (Å²) in [6.07, 6.45) is 4.96. The average molecular weight is 315 g/mol. The van der Waals surface area contributed by atoms with Crippen molar-refractivity contribution in [2.45, 2.75) is 32.1 Å². The quantitative estimate of drug-likeness (QED) is 0.874. The van der Waals surface area contributed by atoms with Crippen LogP contribution in [0.15, 0.2) is 12.1 Å². The van der Waals surface area contributed by atoms with Gasteiger partial charge in [-0.2, -0.15) is 0 Å². The molecule has 112 valence electrons. The molecule has 1 fully saturated rings. The van der Waals surface area contributed by atoms with Gasteiger partial charge in [0.2, 0.25) is 5.91 Å². The van der Waals surface area contributed by atoms with Crippen LogP contribution in [-0.2, 0) is 11.2 Å². The number of hydrogen-bond donors (Lipinski definition) is 1. The standard InChI is InChI=1S/C15H23ClN2OS/c1-17-9-6-12-7-10-18(11-8-12)15(19)5-3-13-2-4-14(16)20-13/h2,4,12,17H,3,5-11H2,1H3. The van der Waals surface area contributed by atoms with Crippen LogP contribution in [0.5, 0.6) is 0 Å². The van der Waals surface area contributed by atoms with Crippen LogP contribution in [0.1, 0.15) is 30.6 Å². The summed E-state index contributed by atoms with van der Waals surface area (Å²) >= 11 is 7.47. The number of carbonyl (C=O) groups excluding carboxylic acids is 1. The van der Waals surface area contributed by atoms with Gasteiger partial charge < -0.3 is 10.2 Å². The minimum absolute atomic E-state index is 0.293. The van der Waals surface area contributed by atoms with Gasteiger partial charge >= 0.3 is 0 Å². The lowest BCUT2D eigenvalue weighted by Gasteiger charge is -2.32. The summed E-state index contributed by atoms with van der Waals surface area (Å²) in [5.74, 6) is 1.07. The first kappa shape index (κ1) is 15.8. The molecule has 1 N–H and O–H groups in total. The molecule has 0 spiro atoms. The van der Waals surface area contributed by atoms with Gasteiger partial charge in [0.15, 0.2) is 0 Å². The van der Waals surface area contributed by atoms with E-state index in [-0.39, 0.29) is 0 Å². The second-order valence-corrected chi connectivity index (χ2v) is 7.22. The van der Waals surface area contributed by atoms with Crippen molar-refractivity contribution in [2.75, 3.05) is 26.7 Å². The average Bonchev–Trinajstić information content (AvgIpc) is 2.89. The van der Waals surface area contributed by atoms with Gasteiger partial charge in [-0.1, -0.05) is 11.6 Å². The van der Waals surface area contributed by atoms with Crippen molar-refractivity contribution in [2.24, 2.45) is 5.92 Å². The Hall–Kier alpha value is -0.580. The van der Waals surface area contributed by atoms with Crippen molar-refractivity contribution in [3.05, 3.63) is 21.3 Å². The number of nitrogens with one attached hydrogen (secondary N) is 1. The molecule has 1 aromatic rings. The molecule has 0 atom stereocenters. The summed E-state index contributed by atoms with van der Waals surface area (Å²) in [4.78, 5) is 15.4. The van der Waals surface area contributed by atoms with E-state index in [1.54, 1.807) is 11.3 Å². The van der Waals surface area contributed by atoms with E-state index >= 15 is 0 Å². The molecule has 1 saturated heterocycles. The van der Waals surface area contributed by atoms with Gasteiger partial charge in [0.25, 0.3) is 0 Å². The smallest absolute Gasteiger partial charge is 0.222 e. The SMILES string of the molecule is CNCCC1CCN(C(=O)CCc2ccc(Cl)s2)CC1. The Morgan fingerprint density at radius 3 is 2.80 bits per heavy atom. The normalized spacial score (nSPS) is 16.6. The number of nitrogens with zero attached hydrogens (tertiary/aromatic N) is 1. The van der Waals surface area contributed by atoms with Crippen LogP contribution in [0.4, 0.5) is 0 Å². The zero-order valence-electron chi connectivity index (χ0n) is 12.0. The fraction of sp³-hybridized carbons (Fsp3) is 0.667. The largest absolute Gasteiger partial charge is 0.343 e. The number of aryl methyl sites for hydroxylation is 1. The Morgan fingerprint density at radius 2 is 2.20 bits per heavy atom. The molecule has 0 saturated carbocycles. The second kappa shape index (κ2) is 8.01. The lowest BCUT2D eigenvalue weighted by Crippen LogP contribution is -2.39. The molecule has 0 radical (unpaired) electrons. The van der Waals surface area contributed by atoms with Crippen molar-refractivity contribution in [3.63, 3.8) is 0 Å². The molecule has 1 aromatic heterocycles. The van der Waals surface area contributed by atoms with E-state index in [1.807, 2.05) is 24.1 Å². The number of rotatable bonds is 6. The van der Waals surface area contributed by atoms with Gasteiger partial charge in [0.1, 0.15) is 0 Å². The maximum atomic E-state index is 12.2. The minimum Gasteiger partial charge on any atom is -0.343 e. The van der Waals surface area contributed by atoms with Gasteiger partial charge in [-0.05, 0) is 57.3 Å². The Labute approximate surface area is 130 Å². The highest BCUT2D eigenvalue weighted by Gasteiger charge is 2.22. The molecule has 2 rings (SSSR count). The van der Waals surface area contributed by atoms with E-state index in [0.717, 1.165) is 49.2 Å². The predicted octanol–water partition coefficient (Wildman–Crippen LogP) is 3.18. The van der Waals surface area contributed by atoms with Crippen LogP contribution < -0.4 is 5.32 Å². The lowest BCUT2D eigenvalue weighted by molar-refractivity contribution is -0.132. The molecule has 0 bridgehead atoms. The van der Waals surface area contributed by atoms with E-state index in [0.29, 0.717) is 12.3 Å². The Morgan fingerprint density at radius 1 is 1.45 bits per heavy atom. The molecule has 1 aliphatic rings. The van der Waals surface area contributed by atoms with E-state index in [9.17, 15) is 4.79 Å². The Kier molecular flexibility index (Phi) is 6.33. The molecule has 5 heteroatoms. The van der Waals surface area contributed by atoms with Gasteiger partial charge in [0.05, 0.1) is 4.34 Å². The number of thiophene rings is 1. The predicted molar refractivity (Wildman–Crippen MR) is 85.5 cm³/mol. The lowest BCUT2D eigenvalue weighted by atomic mass is 9.93. The van der Waals surface area contributed by atoms with Crippen LogP contribution in [-0.4, -0.2) is 37.5 Å². The third-order valence-corrected chi connectivity index (χ3v) is 5.27. The van der Waals surface area contributed by atoms with Crippen LogP contribution in [0.3, 0.4) is 0 Å².